The Morgan fingerprint density at radius 2 is 1.68 bits per heavy atom. The molecule has 152 valence electrons. The van der Waals surface area contributed by atoms with Gasteiger partial charge in [0.1, 0.15) is 35.9 Å². The van der Waals surface area contributed by atoms with Gasteiger partial charge in [0.05, 0.1) is 26.4 Å². The van der Waals surface area contributed by atoms with E-state index in [0.717, 1.165) is 29.2 Å². The van der Waals surface area contributed by atoms with E-state index in [9.17, 15) is 10.2 Å². The molecule has 1 aliphatic carbocycles. The Labute approximate surface area is 172 Å². The Morgan fingerprint density at radius 1 is 0.964 bits per heavy atom. The normalized spacial score (nSPS) is 22.4. The van der Waals surface area contributed by atoms with E-state index in [-0.39, 0.29) is 13.2 Å². The van der Waals surface area contributed by atoms with Gasteiger partial charge in [-0.3, -0.25) is 0 Å². The third-order valence-corrected chi connectivity index (χ3v) is 7.12. The van der Waals surface area contributed by atoms with Gasteiger partial charge in [-0.05, 0) is 43.2 Å². The third-order valence-electron chi connectivity index (χ3n) is 4.59. The van der Waals surface area contributed by atoms with Crippen LogP contribution < -0.4 is 4.74 Å². The number of hydrogen-bond acceptors (Lipinski definition) is 8. The fourth-order valence-corrected chi connectivity index (χ4v) is 4.99. The topological polar surface area (TPSA) is 77.4 Å². The minimum absolute atomic E-state index is 0.238. The number of benzene rings is 1. The number of hydrogen-bond donors (Lipinski definition) is 2. The molecule has 0 atom stereocenters. The number of aliphatic hydroxyl groups is 2. The Hall–Kier alpha value is -1.16. The highest BCUT2D eigenvalue weighted by molar-refractivity contribution is 8.78. The molecule has 2 fully saturated rings. The molecule has 1 aromatic rings. The van der Waals surface area contributed by atoms with Gasteiger partial charge < -0.3 is 29.2 Å². The van der Waals surface area contributed by atoms with Gasteiger partial charge in [0.15, 0.2) is 0 Å². The van der Waals surface area contributed by atoms with Crippen molar-refractivity contribution in [1.29, 1.82) is 0 Å². The summed E-state index contributed by atoms with van der Waals surface area (Å²) in [5, 5.41) is 20.1. The zero-order valence-corrected chi connectivity index (χ0v) is 17.1. The van der Waals surface area contributed by atoms with Gasteiger partial charge in [0, 0.05) is 9.80 Å². The van der Waals surface area contributed by atoms with E-state index >= 15 is 0 Å². The molecule has 0 radical (unpaired) electrons. The van der Waals surface area contributed by atoms with Crippen LogP contribution in [-0.4, -0.2) is 61.1 Å². The second-order valence-electron chi connectivity index (χ2n) is 7.41. The molecule has 0 bridgehead atoms. The van der Waals surface area contributed by atoms with Crippen molar-refractivity contribution < 1.29 is 29.2 Å². The summed E-state index contributed by atoms with van der Waals surface area (Å²) in [6.45, 7) is 1.83. The SMILES string of the molecule is OC1(COC2=CCCC(SSc3cccc(OCC4(O)COC4)c3)=C2)COC1. The minimum atomic E-state index is -0.855. The maximum Gasteiger partial charge on any atom is 0.145 e. The maximum atomic E-state index is 10.1. The first-order chi connectivity index (χ1) is 13.5. The Morgan fingerprint density at radius 3 is 2.36 bits per heavy atom. The molecule has 6 nitrogen and oxygen atoms in total. The Kier molecular flexibility index (Phi) is 6.24. The van der Waals surface area contributed by atoms with Crippen LogP contribution in [0.25, 0.3) is 0 Å². The smallest absolute Gasteiger partial charge is 0.145 e. The molecule has 1 aromatic carbocycles. The molecule has 2 heterocycles. The number of allylic oxidation sites excluding steroid dienone is 3. The summed E-state index contributed by atoms with van der Waals surface area (Å²) < 4.78 is 21.5. The van der Waals surface area contributed by atoms with Gasteiger partial charge in [-0.25, -0.2) is 0 Å². The second kappa shape index (κ2) is 8.69. The molecule has 3 aliphatic rings. The van der Waals surface area contributed by atoms with Crippen LogP contribution in [0, 0.1) is 0 Å². The molecule has 0 unspecified atom stereocenters. The number of ether oxygens (including phenoxy) is 4. The largest absolute Gasteiger partial charge is 0.491 e. The standard InChI is InChI=1S/C20H24O6S2/c21-19(9-23-10-19)13-25-15-3-1-5-17(7-15)27-28-18-6-2-4-16(8-18)26-14-20(22)11-24-12-20/h1,3-5,7-8,21-22H,2,6,9-14H2. The highest BCUT2D eigenvalue weighted by Crippen LogP contribution is 2.41. The lowest BCUT2D eigenvalue weighted by Crippen LogP contribution is -2.53. The van der Waals surface area contributed by atoms with E-state index in [4.69, 9.17) is 18.9 Å². The third kappa shape index (κ3) is 5.25. The molecule has 2 saturated heterocycles. The van der Waals surface area contributed by atoms with Crippen LogP contribution in [0.2, 0.25) is 0 Å². The average molecular weight is 425 g/mol. The van der Waals surface area contributed by atoms with Crippen LogP contribution in [0.3, 0.4) is 0 Å². The van der Waals surface area contributed by atoms with Crippen molar-refractivity contribution in [3.8, 4) is 5.75 Å². The van der Waals surface area contributed by atoms with E-state index in [1.807, 2.05) is 30.3 Å². The van der Waals surface area contributed by atoms with Crippen LogP contribution in [0.4, 0.5) is 0 Å². The van der Waals surface area contributed by atoms with E-state index in [0.29, 0.717) is 26.4 Å². The lowest BCUT2D eigenvalue weighted by Gasteiger charge is -2.36. The van der Waals surface area contributed by atoms with Crippen LogP contribution in [-0.2, 0) is 14.2 Å². The second-order valence-corrected chi connectivity index (χ2v) is 9.74. The van der Waals surface area contributed by atoms with Gasteiger partial charge in [0.25, 0.3) is 0 Å². The molecule has 0 amide bonds. The molecule has 0 saturated carbocycles. The summed E-state index contributed by atoms with van der Waals surface area (Å²) in [5.74, 6) is 1.55. The fraction of sp³-hybridized carbons (Fsp3) is 0.500. The van der Waals surface area contributed by atoms with Crippen molar-refractivity contribution in [2.24, 2.45) is 0 Å². The zero-order chi connectivity index (χ0) is 19.5. The van der Waals surface area contributed by atoms with Gasteiger partial charge >= 0.3 is 0 Å². The molecular formula is C20H24O6S2. The highest BCUT2D eigenvalue weighted by Gasteiger charge is 2.37. The first-order valence-corrected chi connectivity index (χ1v) is 11.4. The monoisotopic (exact) mass is 424 g/mol. The molecule has 0 aromatic heterocycles. The molecule has 4 rings (SSSR count). The van der Waals surface area contributed by atoms with E-state index < -0.39 is 11.2 Å². The average Bonchev–Trinajstić information content (AvgIpc) is 2.67. The predicted octanol–water partition coefficient (Wildman–Crippen LogP) is 2.91. The summed E-state index contributed by atoms with van der Waals surface area (Å²) in [6, 6.07) is 7.85. The summed E-state index contributed by atoms with van der Waals surface area (Å²) in [4.78, 5) is 2.31. The lowest BCUT2D eigenvalue weighted by molar-refractivity contribution is -0.198. The van der Waals surface area contributed by atoms with Crippen LogP contribution in [0.5, 0.6) is 5.75 Å². The first kappa shape index (κ1) is 20.1. The van der Waals surface area contributed by atoms with E-state index in [2.05, 4.69) is 6.08 Å². The van der Waals surface area contributed by atoms with Gasteiger partial charge in [-0.1, -0.05) is 27.7 Å². The van der Waals surface area contributed by atoms with Crippen molar-refractivity contribution in [3.63, 3.8) is 0 Å². The maximum absolute atomic E-state index is 10.1. The number of rotatable bonds is 9. The summed E-state index contributed by atoms with van der Waals surface area (Å²) in [5.41, 5.74) is -1.69. The van der Waals surface area contributed by atoms with Crippen molar-refractivity contribution in [1.82, 2.24) is 0 Å². The summed E-state index contributed by atoms with van der Waals surface area (Å²) >= 11 is 0. The van der Waals surface area contributed by atoms with E-state index in [1.54, 1.807) is 21.6 Å². The Balaban J connectivity index is 1.26. The van der Waals surface area contributed by atoms with Crippen molar-refractivity contribution in [2.45, 2.75) is 28.9 Å². The highest BCUT2D eigenvalue weighted by atomic mass is 33.1. The van der Waals surface area contributed by atoms with Crippen LogP contribution >= 0.6 is 21.6 Å². The molecule has 2 aliphatic heterocycles. The zero-order valence-electron chi connectivity index (χ0n) is 15.5. The first-order valence-electron chi connectivity index (χ1n) is 9.23. The van der Waals surface area contributed by atoms with E-state index in [1.165, 1.54) is 4.91 Å². The Bertz CT molecular complexity index is 755. The van der Waals surface area contributed by atoms with Gasteiger partial charge in [-0.2, -0.15) is 0 Å². The van der Waals surface area contributed by atoms with Crippen molar-refractivity contribution >= 4 is 21.6 Å². The molecule has 8 heteroatoms. The quantitative estimate of drug-likeness (QED) is 0.586. The molecule has 28 heavy (non-hydrogen) atoms. The fourth-order valence-electron chi connectivity index (χ4n) is 2.81. The van der Waals surface area contributed by atoms with Gasteiger partial charge in [0.2, 0.25) is 0 Å². The molecule has 2 N–H and O–H groups in total. The van der Waals surface area contributed by atoms with Crippen LogP contribution in [0.15, 0.2) is 52.0 Å². The van der Waals surface area contributed by atoms with Gasteiger partial charge in [-0.15, -0.1) is 0 Å². The predicted molar refractivity (Wildman–Crippen MR) is 108 cm³/mol. The van der Waals surface area contributed by atoms with Crippen molar-refractivity contribution in [3.05, 3.63) is 47.1 Å². The van der Waals surface area contributed by atoms with Crippen molar-refractivity contribution in [2.75, 3.05) is 39.6 Å². The summed E-state index contributed by atoms with van der Waals surface area (Å²) in [6.07, 6.45) is 5.99. The lowest BCUT2D eigenvalue weighted by atomic mass is 10.0. The molecule has 0 spiro atoms. The summed E-state index contributed by atoms with van der Waals surface area (Å²) in [7, 11) is 3.36. The van der Waals surface area contributed by atoms with Crippen LogP contribution in [0.1, 0.15) is 12.8 Å². The minimum Gasteiger partial charge on any atom is -0.491 e. The molecular weight excluding hydrogens is 400 g/mol.